The van der Waals surface area contributed by atoms with E-state index < -0.39 is 0 Å². The lowest BCUT2D eigenvalue weighted by Gasteiger charge is -2.23. The third-order valence-corrected chi connectivity index (χ3v) is 5.30. The molecule has 3 aliphatic heterocycles. The summed E-state index contributed by atoms with van der Waals surface area (Å²) in [6.07, 6.45) is 2.21. The monoisotopic (exact) mass is 356 g/mol. The van der Waals surface area contributed by atoms with Crippen LogP contribution in [0.4, 0.5) is 5.69 Å². The molecule has 1 saturated heterocycles. The number of amides is 1. The summed E-state index contributed by atoms with van der Waals surface area (Å²) in [5.41, 5.74) is 5.97. The van der Waals surface area contributed by atoms with Crippen molar-refractivity contribution < 1.29 is 9.53 Å². The topological polar surface area (TPSA) is 93.1 Å². The summed E-state index contributed by atoms with van der Waals surface area (Å²) >= 11 is 1.53. The van der Waals surface area contributed by atoms with Crippen molar-refractivity contribution in [1.82, 2.24) is 20.2 Å². The minimum absolute atomic E-state index is 0.0605. The van der Waals surface area contributed by atoms with E-state index >= 15 is 0 Å². The SMILES string of the molecule is O=C1COc2ccc(C3=CSc4nnc([C@H]5CCCN5)n4N3)cc2N1. The number of aromatic nitrogens is 3. The highest BCUT2D eigenvalue weighted by Gasteiger charge is 2.27. The molecular weight excluding hydrogens is 340 g/mol. The van der Waals surface area contributed by atoms with Gasteiger partial charge in [-0.15, -0.1) is 10.2 Å². The molecule has 1 amide bonds. The average Bonchev–Trinajstić information content (AvgIpc) is 3.29. The predicted molar refractivity (Wildman–Crippen MR) is 93.8 cm³/mol. The van der Waals surface area contributed by atoms with Gasteiger partial charge in [0.05, 0.1) is 17.4 Å². The van der Waals surface area contributed by atoms with Crippen molar-refractivity contribution in [2.75, 3.05) is 23.9 Å². The average molecular weight is 356 g/mol. The van der Waals surface area contributed by atoms with Crippen LogP contribution >= 0.6 is 11.8 Å². The Morgan fingerprint density at radius 3 is 3.16 bits per heavy atom. The second-order valence-electron chi connectivity index (χ2n) is 6.13. The van der Waals surface area contributed by atoms with Gasteiger partial charge in [0.1, 0.15) is 5.75 Å². The van der Waals surface area contributed by atoms with Crippen molar-refractivity contribution in [2.24, 2.45) is 0 Å². The smallest absolute Gasteiger partial charge is 0.262 e. The number of nitrogens with one attached hydrogen (secondary N) is 3. The maximum atomic E-state index is 11.5. The largest absolute Gasteiger partial charge is 0.482 e. The molecule has 3 aliphatic rings. The summed E-state index contributed by atoms with van der Waals surface area (Å²) in [7, 11) is 0. The Hall–Kier alpha value is -2.52. The zero-order valence-electron chi connectivity index (χ0n) is 13.3. The first-order chi connectivity index (χ1) is 12.3. The molecule has 8 nitrogen and oxygen atoms in total. The molecule has 128 valence electrons. The molecular formula is C16H16N6O2S. The summed E-state index contributed by atoms with van der Waals surface area (Å²) < 4.78 is 7.36. The van der Waals surface area contributed by atoms with Crippen molar-refractivity contribution in [3.05, 3.63) is 35.0 Å². The molecule has 0 radical (unpaired) electrons. The standard InChI is InChI=1S/C16H16N6O2S/c23-14-7-24-13-4-3-9(6-11(13)18-14)12-8-25-16-20-19-15(22(16)21-12)10-2-1-5-17-10/h3-4,6,8,10,17,21H,1-2,5,7H2,(H,18,23)/t10-/m1/s1. The van der Waals surface area contributed by atoms with Crippen LogP contribution in [-0.4, -0.2) is 33.9 Å². The van der Waals surface area contributed by atoms with Crippen LogP contribution in [0.1, 0.15) is 30.3 Å². The fourth-order valence-electron chi connectivity index (χ4n) is 3.23. The quantitative estimate of drug-likeness (QED) is 0.754. The Bertz CT molecular complexity index is 887. The number of anilines is 1. The third kappa shape index (κ3) is 2.56. The van der Waals surface area contributed by atoms with Gasteiger partial charge >= 0.3 is 0 Å². The van der Waals surface area contributed by atoms with Gasteiger partial charge in [0.15, 0.2) is 12.4 Å². The van der Waals surface area contributed by atoms with Crippen molar-refractivity contribution in [3.63, 3.8) is 0 Å². The minimum atomic E-state index is -0.139. The van der Waals surface area contributed by atoms with E-state index in [1.165, 1.54) is 11.8 Å². The lowest BCUT2D eigenvalue weighted by atomic mass is 10.1. The van der Waals surface area contributed by atoms with Crippen LogP contribution in [0.2, 0.25) is 0 Å². The lowest BCUT2D eigenvalue weighted by molar-refractivity contribution is -0.118. The normalized spacial score (nSPS) is 21.5. The molecule has 0 bridgehead atoms. The first-order valence-electron chi connectivity index (χ1n) is 8.17. The molecule has 0 saturated carbocycles. The van der Waals surface area contributed by atoms with E-state index in [0.717, 1.165) is 41.6 Å². The highest BCUT2D eigenvalue weighted by atomic mass is 32.2. The fraction of sp³-hybridized carbons (Fsp3) is 0.312. The Morgan fingerprint density at radius 1 is 1.32 bits per heavy atom. The Morgan fingerprint density at radius 2 is 2.28 bits per heavy atom. The number of rotatable bonds is 2. The second-order valence-corrected chi connectivity index (χ2v) is 6.97. The number of carbonyl (C=O) groups is 1. The number of nitrogens with zero attached hydrogens (tertiary/aromatic N) is 3. The zero-order valence-corrected chi connectivity index (χ0v) is 14.1. The fourth-order valence-corrected chi connectivity index (χ4v) is 3.98. The molecule has 0 spiro atoms. The zero-order chi connectivity index (χ0) is 16.8. The van der Waals surface area contributed by atoms with E-state index in [1.54, 1.807) is 0 Å². The minimum Gasteiger partial charge on any atom is -0.482 e. The number of hydrogen-bond acceptors (Lipinski definition) is 7. The van der Waals surface area contributed by atoms with Gasteiger partial charge in [-0.1, -0.05) is 11.8 Å². The van der Waals surface area contributed by atoms with Gasteiger partial charge in [-0.25, -0.2) is 4.68 Å². The molecule has 1 fully saturated rings. The first kappa shape index (κ1) is 14.8. The molecule has 1 atom stereocenters. The van der Waals surface area contributed by atoms with Gasteiger partial charge in [-0.3, -0.25) is 10.2 Å². The summed E-state index contributed by atoms with van der Waals surface area (Å²) in [6, 6.07) is 5.98. The van der Waals surface area contributed by atoms with E-state index in [9.17, 15) is 4.79 Å². The highest BCUT2D eigenvalue weighted by Crippen LogP contribution is 2.35. The number of fused-ring (bicyclic) bond motifs is 2. The lowest BCUT2D eigenvalue weighted by Crippen LogP contribution is -2.26. The molecule has 0 unspecified atom stereocenters. The summed E-state index contributed by atoms with van der Waals surface area (Å²) in [5, 5.41) is 17.7. The molecule has 9 heteroatoms. The summed E-state index contributed by atoms with van der Waals surface area (Å²) in [5.74, 6) is 1.45. The van der Waals surface area contributed by atoms with Crippen molar-refractivity contribution in [1.29, 1.82) is 0 Å². The van der Waals surface area contributed by atoms with Gasteiger partial charge in [0.2, 0.25) is 5.16 Å². The molecule has 0 aliphatic carbocycles. The van der Waals surface area contributed by atoms with Crippen molar-refractivity contribution in [2.45, 2.75) is 24.0 Å². The molecule has 1 aromatic carbocycles. The number of benzene rings is 1. The number of carbonyl (C=O) groups excluding carboxylic acids is 1. The molecule has 25 heavy (non-hydrogen) atoms. The first-order valence-corrected chi connectivity index (χ1v) is 9.05. The van der Waals surface area contributed by atoms with Gasteiger partial charge in [0.25, 0.3) is 5.91 Å². The molecule has 4 heterocycles. The van der Waals surface area contributed by atoms with Gasteiger partial charge in [-0.05, 0) is 37.6 Å². The molecule has 5 rings (SSSR count). The van der Waals surface area contributed by atoms with E-state index in [1.807, 2.05) is 28.3 Å². The summed E-state index contributed by atoms with van der Waals surface area (Å²) in [6.45, 7) is 1.07. The summed E-state index contributed by atoms with van der Waals surface area (Å²) in [4.78, 5) is 11.5. The van der Waals surface area contributed by atoms with Crippen molar-refractivity contribution in [3.8, 4) is 5.75 Å². The van der Waals surface area contributed by atoms with Crippen LogP contribution in [0, 0.1) is 0 Å². The number of thioether (sulfide) groups is 1. The number of ether oxygens (including phenoxy) is 1. The Balaban J connectivity index is 1.45. The van der Waals surface area contributed by atoms with Crippen LogP contribution in [0.5, 0.6) is 5.75 Å². The van der Waals surface area contributed by atoms with E-state index in [2.05, 4.69) is 26.3 Å². The van der Waals surface area contributed by atoms with Crippen LogP contribution in [0.25, 0.3) is 5.70 Å². The molecule has 2 aromatic rings. The van der Waals surface area contributed by atoms with Crippen LogP contribution in [0.3, 0.4) is 0 Å². The number of hydrogen-bond donors (Lipinski definition) is 3. The molecule has 3 N–H and O–H groups in total. The van der Waals surface area contributed by atoms with Gasteiger partial charge < -0.3 is 15.4 Å². The van der Waals surface area contributed by atoms with E-state index in [0.29, 0.717) is 11.4 Å². The second kappa shape index (κ2) is 5.78. The Kier molecular flexibility index (Phi) is 3.42. The predicted octanol–water partition coefficient (Wildman–Crippen LogP) is 1.68. The Labute approximate surface area is 148 Å². The van der Waals surface area contributed by atoms with Crippen molar-refractivity contribution >= 4 is 29.1 Å². The van der Waals surface area contributed by atoms with Gasteiger partial charge in [0, 0.05) is 11.0 Å². The third-order valence-electron chi connectivity index (χ3n) is 4.47. The van der Waals surface area contributed by atoms with Crippen LogP contribution in [0.15, 0.2) is 28.8 Å². The van der Waals surface area contributed by atoms with E-state index in [4.69, 9.17) is 4.74 Å². The highest BCUT2D eigenvalue weighted by molar-refractivity contribution is 8.02. The van der Waals surface area contributed by atoms with E-state index in [-0.39, 0.29) is 18.6 Å². The maximum Gasteiger partial charge on any atom is 0.262 e. The van der Waals surface area contributed by atoms with Gasteiger partial charge in [-0.2, -0.15) is 0 Å². The van der Waals surface area contributed by atoms with Crippen LogP contribution in [-0.2, 0) is 4.79 Å². The van der Waals surface area contributed by atoms with Crippen LogP contribution < -0.4 is 20.8 Å². The molecule has 1 aromatic heterocycles. The maximum absolute atomic E-state index is 11.5.